The number of H-pyrrole nitrogens is 1. The third-order valence-corrected chi connectivity index (χ3v) is 16.0. The summed E-state index contributed by atoms with van der Waals surface area (Å²) in [5, 5.41) is 10.2. The highest BCUT2D eigenvalue weighted by Crippen LogP contribution is 2.56. The fourth-order valence-corrected chi connectivity index (χ4v) is 12.2. The van der Waals surface area contributed by atoms with E-state index in [-0.39, 0.29) is 23.3 Å². The molecular weight excluding hydrogens is 838 g/mol. The molecule has 17 heteroatoms. The number of rotatable bonds is 7. The zero-order valence-electron chi connectivity index (χ0n) is 36.3. The van der Waals surface area contributed by atoms with Gasteiger partial charge in [-0.15, -0.1) is 0 Å². The Morgan fingerprint density at radius 2 is 1.70 bits per heavy atom. The van der Waals surface area contributed by atoms with Gasteiger partial charge >= 0.3 is 11.4 Å². The van der Waals surface area contributed by atoms with Gasteiger partial charge in [0.05, 0.1) is 44.3 Å². The predicted molar refractivity (Wildman–Crippen MR) is 237 cm³/mol. The van der Waals surface area contributed by atoms with E-state index in [0.29, 0.717) is 102 Å². The van der Waals surface area contributed by atoms with Crippen molar-refractivity contribution in [2.75, 3.05) is 32.6 Å². The van der Waals surface area contributed by atoms with Crippen LogP contribution in [0, 0.1) is 25.6 Å². The van der Waals surface area contributed by atoms with Crippen LogP contribution >= 0.6 is 0 Å². The number of imidazole rings is 1. The van der Waals surface area contributed by atoms with Crippen LogP contribution in [0.2, 0.25) is 0 Å². The fourth-order valence-electron chi connectivity index (χ4n) is 10.6. The molecule has 3 aromatic carbocycles. The number of hydrogen-bond donors (Lipinski definition) is 1. The van der Waals surface area contributed by atoms with Gasteiger partial charge in [0.25, 0.3) is 5.91 Å². The average molecular weight is 886 g/mol. The molecule has 64 heavy (non-hydrogen) atoms. The third kappa shape index (κ3) is 6.14. The first-order chi connectivity index (χ1) is 30.7. The normalized spacial score (nSPS) is 23.2. The molecule has 2 fully saturated rings. The number of aromatic nitrogens is 7. The van der Waals surface area contributed by atoms with Gasteiger partial charge in [-0.25, -0.2) is 27.2 Å². The zero-order chi connectivity index (χ0) is 44.4. The van der Waals surface area contributed by atoms with E-state index in [0.717, 1.165) is 35.0 Å². The monoisotopic (exact) mass is 885 g/mol. The van der Waals surface area contributed by atoms with Crippen molar-refractivity contribution < 1.29 is 22.7 Å². The molecule has 0 unspecified atom stereocenters. The molecule has 1 saturated carbocycles. The van der Waals surface area contributed by atoms with Gasteiger partial charge in [0.1, 0.15) is 22.9 Å². The lowest BCUT2D eigenvalue weighted by Gasteiger charge is -2.34. The molecule has 1 aliphatic carbocycles. The Balaban J connectivity index is 1.05. The summed E-state index contributed by atoms with van der Waals surface area (Å²) in [6.07, 6.45) is 8.48. The van der Waals surface area contributed by atoms with Crippen LogP contribution < -0.4 is 11.4 Å². The van der Waals surface area contributed by atoms with E-state index in [9.17, 15) is 13.8 Å². The minimum atomic E-state index is -2.53. The van der Waals surface area contributed by atoms with Crippen molar-refractivity contribution in [1.29, 1.82) is 0 Å². The van der Waals surface area contributed by atoms with Crippen molar-refractivity contribution in [2.24, 2.45) is 10.3 Å². The van der Waals surface area contributed by atoms with Crippen molar-refractivity contribution in [2.45, 2.75) is 82.2 Å². The van der Waals surface area contributed by atoms with Gasteiger partial charge in [-0.05, 0) is 129 Å². The number of aryl methyl sites for hydroxylation is 2. The molecule has 0 radical (unpaired) electrons. The summed E-state index contributed by atoms with van der Waals surface area (Å²) in [6.45, 7) is 9.60. The van der Waals surface area contributed by atoms with E-state index in [2.05, 4.69) is 39.6 Å². The van der Waals surface area contributed by atoms with E-state index in [1.165, 1.54) is 5.56 Å². The molecule has 0 spiro atoms. The molecule has 11 rings (SSSR count). The van der Waals surface area contributed by atoms with E-state index in [1.54, 1.807) is 70.6 Å². The van der Waals surface area contributed by atoms with Gasteiger partial charge in [0, 0.05) is 61.3 Å². The minimum absolute atomic E-state index is 0.0236. The molecule has 7 aromatic rings. The van der Waals surface area contributed by atoms with Crippen LogP contribution in [0.1, 0.15) is 94.9 Å². The van der Waals surface area contributed by atoms with Gasteiger partial charge in [0.2, 0.25) is 0 Å². The minimum Gasteiger partial charge on any atom is -0.381 e. The molecule has 4 aliphatic rings. The van der Waals surface area contributed by atoms with Crippen LogP contribution in [0.3, 0.4) is 0 Å². The number of aromatic amines is 1. The third-order valence-electron chi connectivity index (χ3n) is 14.1. The number of halogens is 1. The summed E-state index contributed by atoms with van der Waals surface area (Å²) in [5.41, 5.74) is 5.63. The van der Waals surface area contributed by atoms with Crippen LogP contribution in [0.4, 0.5) is 4.39 Å². The molecule has 3 aliphatic heterocycles. The lowest BCUT2D eigenvalue weighted by Crippen LogP contribution is -2.41. The quantitative estimate of drug-likeness (QED) is 0.186. The van der Waals surface area contributed by atoms with E-state index < -0.39 is 27.1 Å². The van der Waals surface area contributed by atoms with Crippen LogP contribution in [0.5, 0.6) is 0 Å². The molecule has 15 nitrogen and oxygen atoms in total. The second kappa shape index (κ2) is 14.6. The van der Waals surface area contributed by atoms with Crippen LogP contribution in [-0.4, -0.2) is 81.2 Å². The summed E-state index contributed by atoms with van der Waals surface area (Å²) in [4.78, 5) is 48.0. The summed E-state index contributed by atoms with van der Waals surface area (Å²) in [7, 11) is -2.53. The number of carbonyl (C=O) groups excluding carboxylic acids is 1. The molecule has 4 atom stereocenters. The Labute approximate surface area is 367 Å². The first kappa shape index (κ1) is 40.4. The highest BCUT2D eigenvalue weighted by molar-refractivity contribution is 7.93. The van der Waals surface area contributed by atoms with Gasteiger partial charge < -0.3 is 14.2 Å². The molecule has 0 bridgehead atoms. The predicted octanol–water partition coefficient (Wildman–Crippen LogP) is 6.65. The molecule has 1 N–H and O–H groups in total. The van der Waals surface area contributed by atoms with Gasteiger partial charge in [-0.2, -0.15) is 5.10 Å². The number of nitrogens with one attached hydrogen (secondary N) is 1. The highest BCUT2D eigenvalue weighted by atomic mass is 32.2. The number of fused-ring (bicyclic) bond motifs is 3. The van der Waals surface area contributed by atoms with Gasteiger partial charge in [-0.1, -0.05) is 18.1 Å². The summed E-state index contributed by atoms with van der Waals surface area (Å²) >= 11 is 0. The highest BCUT2D eigenvalue weighted by Gasteiger charge is 2.59. The number of amides is 1. The van der Waals surface area contributed by atoms with Crippen molar-refractivity contribution in [3.63, 3.8) is 0 Å². The number of carbonyl (C=O) groups is 1. The second-order valence-corrected chi connectivity index (χ2v) is 20.3. The van der Waals surface area contributed by atoms with Crippen molar-refractivity contribution in [3.05, 3.63) is 139 Å². The number of hydrogen-bond acceptors (Lipinski definition) is 9. The maximum absolute atomic E-state index is 15.5. The van der Waals surface area contributed by atoms with E-state index >= 15 is 9.18 Å². The summed E-state index contributed by atoms with van der Waals surface area (Å²) < 4.78 is 50.2. The molecule has 7 heterocycles. The van der Waals surface area contributed by atoms with E-state index in [4.69, 9.17) is 14.4 Å². The lowest BCUT2D eigenvalue weighted by atomic mass is 9.91. The van der Waals surface area contributed by atoms with Crippen molar-refractivity contribution >= 4 is 26.5 Å². The summed E-state index contributed by atoms with van der Waals surface area (Å²) in [5.74, 6) is -0.0374. The maximum Gasteiger partial charge on any atom is 0.438 e. The topological polar surface area (TPSA) is 168 Å². The van der Waals surface area contributed by atoms with E-state index in [1.807, 2.05) is 28.5 Å². The van der Waals surface area contributed by atoms with Crippen molar-refractivity contribution in [3.8, 4) is 17.2 Å². The molecule has 1 saturated heterocycles. The Hall–Kier alpha value is -6.33. The SMILES string of the molecule is Cc1cc(-n2nc3c(c2-n2ccn(-c4ccc5c(c4)CCN=[S@@]5(C)=O)c2=O)[C@H](C)N(C(=O)c2cc4cc(C5CCOCC5)ccc4n2[C@@]2(c4noc(=O)[nH]4)C[C@@H]2C)CC3)cc(C)c1F. The Bertz CT molecular complexity index is 3310. The Morgan fingerprint density at radius 3 is 2.42 bits per heavy atom. The number of ether oxygens (including phenoxy) is 1. The standard InChI is InChI=1S/C47H48FN9O6S/c1-26-20-35(21-27(2)41(26)48)57-42(55-17-16-54(46(55)60)34-7-9-39-32(23-34)10-14-49-64(39,5)61)40-29(4)53(15-11-36(40)51-57)43(58)38-24-33-22-31(30-12-18-62-19-13-30)6-8-37(33)56(38)47(25-28(47)3)44-50-45(59)63-52-44/h6-9,16-17,20-24,28-30H,10-15,18-19,25H2,1-5H3,(H,50,52,59)/t28-,29-,47-,64-/m0/s1. The maximum atomic E-state index is 15.5. The zero-order valence-corrected chi connectivity index (χ0v) is 37.1. The van der Waals surface area contributed by atoms with Crippen molar-refractivity contribution in [1.82, 2.24) is 38.5 Å². The Kier molecular flexibility index (Phi) is 9.23. The molecule has 330 valence electrons. The molecule has 4 aromatic heterocycles. The molecular formula is C47H48FN9O6S. The van der Waals surface area contributed by atoms with Gasteiger partial charge in [-0.3, -0.25) is 23.4 Å². The largest absolute Gasteiger partial charge is 0.438 e. The van der Waals surface area contributed by atoms with Crippen LogP contribution in [0.15, 0.2) is 90.4 Å². The number of benzene rings is 3. The van der Waals surface area contributed by atoms with Crippen LogP contribution in [0.25, 0.3) is 28.1 Å². The Morgan fingerprint density at radius 1 is 0.953 bits per heavy atom. The van der Waals surface area contributed by atoms with Crippen LogP contribution in [-0.2, 0) is 32.8 Å². The molecule has 1 amide bonds. The summed E-state index contributed by atoms with van der Waals surface area (Å²) in [6, 6.07) is 16.7. The smallest absolute Gasteiger partial charge is 0.381 e. The average Bonchev–Trinajstić information content (AvgIpc) is 3.78. The fraction of sp³-hybridized carbons (Fsp3) is 0.383. The lowest BCUT2D eigenvalue weighted by molar-refractivity contribution is 0.0663. The second-order valence-electron chi connectivity index (χ2n) is 18.0. The first-order valence-corrected chi connectivity index (χ1v) is 23.8. The number of nitrogens with zero attached hydrogens (tertiary/aromatic N) is 8. The first-order valence-electron chi connectivity index (χ1n) is 21.9. The van der Waals surface area contributed by atoms with Gasteiger partial charge in [0.15, 0.2) is 5.82 Å².